The molecule has 0 aliphatic carbocycles. The molecule has 6 heteroatoms. The van der Waals surface area contributed by atoms with Crippen molar-refractivity contribution in [3.8, 4) is 10.8 Å². The van der Waals surface area contributed by atoms with E-state index in [0.29, 0.717) is 6.54 Å². The van der Waals surface area contributed by atoms with Gasteiger partial charge in [0, 0.05) is 24.4 Å². The van der Waals surface area contributed by atoms with Crippen molar-refractivity contribution in [2.24, 2.45) is 5.92 Å². The number of aromatic nitrogens is 1. The molecule has 1 aliphatic rings. The van der Waals surface area contributed by atoms with Crippen LogP contribution < -0.4 is 5.32 Å². The molecule has 3 rings (SSSR count). The average molecular weight is 319 g/mol. The van der Waals surface area contributed by atoms with E-state index in [-0.39, 0.29) is 11.8 Å². The highest BCUT2D eigenvalue weighted by Gasteiger charge is 2.24. The van der Waals surface area contributed by atoms with Gasteiger partial charge in [0.1, 0.15) is 0 Å². The maximum absolute atomic E-state index is 11.8. The molecule has 0 bridgehead atoms. The number of likely N-dealkylation sites (tertiary alicyclic amines) is 1. The summed E-state index contributed by atoms with van der Waals surface area (Å²) in [5.74, 6) is 1.20. The predicted octanol–water partition coefficient (Wildman–Crippen LogP) is 2.75. The van der Waals surface area contributed by atoms with Crippen LogP contribution in [0.1, 0.15) is 25.5 Å². The molecule has 0 radical (unpaired) electrons. The van der Waals surface area contributed by atoms with Crippen LogP contribution in [-0.4, -0.2) is 35.4 Å². The van der Waals surface area contributed by atoms with E-state index in [4.69, 9.17) is 4.42 Å². The van der Waals surface area contributed by atoms with Crippen molar-refractivity contribution in [3.05, 3.63) is 29.5 Å². The van der Waals surface area contributed by atoms with Gasteiger partial charge in [0.2, 0.25) is 5.91 Å². The molecule has 0 atom stereocenters. The highest BCUT2D eigenvalue weighted by atomic mass is 32.1. The van der Waals surface area contributed by atoms with Gasteiger partial charge in [-0.2, -0.15) is 0 Å². The third-order valence-corrected chi connectivity index (χ3v) is 4.88. The minimum atomic E-state index is 0.172. The summed E-state index contributed by atoms with van der Waals surface area (Å²) in [6, 6.07) is 3.81. The monoisotopic (exact) mass is 319 g/mol. The number of piperidine rings is 1. The van der Waals surface area contributed by atoms with Crippen LogP contribution in [0.25, 0.3) is 10.8 Å². The fraction of sp³-hybridized carbons (Fsp3) is 0.500. The Labute approximate surface area is 134 Å². The van der Waals surface area contributed by atoms with Gasteiger partial charge in [-0.05, 0) is 45.0 Å². The minimum absolute atomic E-state index is 0.172. The molecule has 0 saturated carbocycles. The van der Waals surface area contributed by atoms with Gasteiger partial charge in [-0.3, -0.25) is 9.69 Å². The molecule has 118 valence electrons. The lowest BCUT2D eigenvalue weighted by Crippen LogP contribution is -2.40. The number of thiazole rings is 1. The summed E-state index contributed by atoms with van der Waals surface area (Å²) < 4.78 is 5.38. The highest BCUT2D eigenvalue weighted by Crippen LogP contribution is 2.25. The highest BCUT2D eigenvalue weighted by molar-refractivity contribution is 7.13. The Morgan fingerprint density at radius 1 is 1.50 bits per heavy atom. The molecule has 1 amide bonds. The first-order chi connectivity index (χ1) is 10.8. The lowest BCUT2D eigenvalue weighted by Gasteiger charge is -2.30. The van der Waals surface area contributed by atoms with E-state index >= 15 is 0 Å². The Bertz CT molecular complexity index is 601. The second-order valence-electron chi connectivity index (χ2n) is 5.57. The number of amides is 1. The van der Waals surface area contributed by atoms with Gasteiger partial charge in [0.15, 0.2) is 10.8 Å². The SMILES string of the molecule is CCNC(=O)C1CCN(Cc2csc(-c3ccco3)n2)CC1. The van der Waals surface area contributed by atoms with Crippen LogP contribution in [0.2, 0.25) is 0 Å². The van der Waals surface area contributed by atoms with Crippen LogP contribution in [0.4, 0.5) is 0 Å². The third-order valence-electron chi connectivity index (χ3n) is 3.98. The molecular weight excluding hydrogens is 298 g/mol. The first kappa shape index (κ1) is 15.2. The van der Waals surface area contributed by atoms with Gasteiger partial charge in [-0.1, -0.05) is 0 Å². The molecule has 2 aromatic heterocycles. The fourth-order valence-electron chi connectivity index (χ4n) is 2.79. The molecule has 0 unspecified atom stereocenters. The minimum Gasteiger partial charge on any atom is -0.462 e. The van der Waals surface area contributed by atoms with Crippen LogP contribution >= 0.6 is 11.3 Å². The van der Waals surface area contributed by atoms with Gasteiger partial charge in [-0.25, -0.2) is 4.98 Å². The molecule has 3 heterocycles. The molecule has 5 nitrogen and oxygen atoms in total. The van der Waals surface area contributed by atoms with E-state index in [9.17, 15) is 4.79 Å². The molecule has 0 aromatic carbocycles. The van der Waals surface area contributed by atoms with Crippen molar-refractivity contribution in [1.82, 2.24) is 15.2 Å². The summed E-state index contributed by atoms with van der Waals surface area (Å²) in [6.07, 6.45) is 3.53. The van der Waals surface area contributed by atoms with Crippen LogP contribution in [-0.2, 0) is 11.3 Å². The summed E-state index contributed by atoms with van der Waals surface area (Å²) in [7, 11) is 0. The van der Waals surface area contributed by atoms with E-state index in [0.717, 1.165) is 48.9 Å². The molecule has 1 saturated heterocycles. The number of nitrogens with zero attached hydrogens (tertiary/aromatic N) is 2. The van der Waals surface area contributed by atoms with Crippen molar-refractivity contribution in [3.63, 3.8) is 0 Å². The van der Waals surface area contributed by atoms with E-state index < -0.39 is 0 Å². The second kappa shape index (κ2) is 7.07. The van der Waals surface area contributed by atoms with Gasteiger partial charge in [-0.15, -0.1) is 11.3 Å². The van der Waals surface area contributed by atoms with Crippen molar-refractivity contribution in [2.45, 2.75) is 26.3 Å². The number of nitrogens with one attached hydrogen (secondary N) is 1. The van der Waals surface area contributed by atoms with Gasteiger partial charge in [0.05, 0.1) is 12.0 Å². The summed E-state index contributed by atoms with van der Waals surface area (Å²) >= 11 is 1.61. The number of furan rings is 1. The van der Waals surface area contributed by atoms with Crippen molar-refractivity contribution >= 4 is 17.2 Å². The third kappa shape index (κ3) is 3.56. The predicted molar refractivity (Wildman–Crippen MR) is 86.5 cm³/mol. The standard InChI is InChI=1S/C16H21N3O2S/c1-2-17-15(20)12-5-7-19(8-6-12)10-13-11-22-16(18-13)14-4-3-9-21-14/h3-4,9,11-12H,2,5-8,10H2,1H3,(H,17,20). The van der Waals surface area contributed by atoms with Crippen LogP contribution in [0.15, 0.2) is 28.2 Å². The first-order valence-electron chi connectivity index (χ1n) is 7.74. The number of carbonyl (C=O) groups excluding carboxylic acids is 1. The Hall–Kier alpha value is -1.66. The zero-order valence-corrected chi connectivity index (χ0v) is 13.6. The molecule has 22 heavy (non-hydrogen) atoms. The molecule has 1 fully saturated rings. The van der Waals surface area contributed by atoms with Crippen LogP contribution in [0, 0.1) is 5.92 Å². The normalized spacial score (nSPS) is 16.8. The van der Waals surface area contributed by atoms with Crippen molar-refractivity contribution in [2.75, 3.05) is 19.6 Å². The maximum Gasteiger partial charge on any atom is 0.223 e. The summed E-state index contributed by atoms with van der Waals surface area (Å²) in [5.41, 5.74) is 1.08. The molecular formula is C16H21N3O2S. The zero-order valence-electron chi connectivity index (χ0n) is 12.7. The quantitative estimate of drug-likeness (QED) is 0.920. The Balaban J connectivity index is 1.52. The van der Waals surface area contributed by atoms with Crippen LogP contribution in [0.5, 0.6) is 0 Å². The molecule has 0 spiro atoms. The summed E-state index contributed by atoms with van der Waals surface area (Å²) in [5, 5.41) is 5.94. The number of carbonyl (C=O) groups is 1. The second-order valence-corrected chi connectivity index (χ2v) is 6.42. The Kier molecular flexibility index (Phi) is 4.90. The molecule has 1 N–H and O–H groups in total. The first-order valence-corrected chi connectivity index (χ1v) is 8.62. The summed E-state index contributed by atoms with van der Waals surface area (Å²) in [4.78, 5) is 18.9. The summed E-state index contributed by atoms with van der Waals surface area (Å²) in [6.45, 7) is 5.43. The van der Waals surface area contributed by atoms with E-state index in [1.807, 2.05) is 19.1 Å². The molecule has 2 aromatic rings. The largest absolute Gasteiger partial charge is 0.462 e. The number of hydrogen-bond donors (Lipinski definition) is 1. The topological polar surface area (TPSA) is 58.4 Å². The van der Waals surface area contributed by atoms with Crippen molar-refractivity contribution < 1.29 is 9.21 Å². The van der Waals surface area contributed by atoms with E-state index in [2.05, 4.69) is 20.6 Å². The maximum atomic E-state index is 11.8. The fourth-order valence-corrected chi connectivity index (χ4v) is 3.57. The van der Waals surface area contributed by atoms with Gasteiger partial charge < -0.3 is 9.73 Å². The zero-order chi connectivity index (χ0) is 15.4. The Morgan fingerprint density at radius 3 is 3.00 bits per heavy atom. The van der Waals surface area contributed by atoms with Crippen molar-refractivity contribution in [1.29, 1.82) is 0 Å². The van der Waals surface area contributed by atoms with E-state index in [1.54, 1.807) is 17.6 Å². The van der Waals surface area contributed by atoms with E-state index in [1.165, 1.54) is 0 Å². The average Bonchev–Trinajstić information content (AvgIpc) is 3.19. The number of rotatable bonds is 5. The van der Waals surface area contributed by atoms with Crippen LogP contribution in [0.3, 0.4) is 0 Å². The molecule has 1 aliphatic heterocycles. The lowest BCUT2D eigenvalue weighted by molar-refractivity contribution is -0.126. The number of hydrogen-bond acceptors (Lipinski definition) is 5. The lowest BCUT2D eigenvalue weighted by atomic mass is 9.96. The van der Waals surface area contributed by atoms with Gasteiger partial charge in [0.25, 0.3) is 0 Å². The Morgan fingerprint density at radius 2 is 2.32 bits per heavy atom. The smallest absolute Gasteiger partial charge is 0.223 e. The van der Waals surface area contributed by atoms with Gasteiger partial charge >= 0.3 is 0 Å².